The van der Waals surface area contributed by atoms with Gasteiger partial charge in [0, 0.05) is 0 Å². The van der Waals surface area contributed by atoms with Crippen LogP contribution in [0.15, 0.2) is 37.0 Å². The van der Waals surface area contributed by atoms with E-state index in [0.29, 0.717) is 4.89 Å². The standard InChI is InChI=1S/C5H5.C3H5.Ni/c1-2-4-5-3-1;1-3-2;/h1-5H;3H,1-2H2;. The van der Waals surface area contributed by atoms with E-state index in [1.54, 1.807) is 14.4 Å². The summed E-state index contributed by atoms with van der Waals surface area (Å²) in [7, 11) is 0. The predicted octanol–water partition coefficient (Wildman–Crippen LogP) is 2.59. The summed E-state index contributed by atoms with van der Waals surface area (Å²) < 4.78 is 0. The molecule has 0 amide bonds. The summed E-state index contributed by atoms with van der Waals surface area (Å²) in [5.74, 6) is 0. The molecule has 1 rings (SSSR count). The Morgan fingerprint density at radius 1 is 1.44 bits per heavy atom. The first-order chi connectivity index (χ1) is 4.43. The summed E-state index contributed by atoms with van der Waals surface area (Å²) in [6.07, 6.45) is 10.5. The quantitative estimate of drug-likeness (QED) is 0.445. The predicted molar refractivity (Wildman–Crippen MR) is 37.0 cm³/mol. The van der Waals surface area contributed by atoms with Crippen molar-refractivity contribution >= 4 is 0 Å². The fourth-order valence-corrected chi connectivity index (χ4v) is 1.54. The minimum atomic E-state index is 0.621. The Morgan fingerprint density at radius 3 is 2.67 bits per heavy atom. The van der Waals surface area contributed by atoms with Crippen LogP contribution >= 0.6 is 0 Å². The van der Waals surface area contributed by atoms with Crippen LogP contribution in [0.3, 0.4) is 0 Å². The molecule has 0 atom stereocenters. The van der Waals surface area contributed by atoms with Crippen LogP contribution in [-0.4, -0.2) is 0 Å². The van der Waals surface area contributed by atoms with Crippen molar-refractivity contribution in [1.29, 1.82) is 0 Å². The second-order valence-electron chi connectivity index (χ2n) is 1.72. The Hall–Kier alpha value is -0.286. The molecule has 0 spiro atoms. The van der Waals surface area contributed by atoms with Gasteiger partial charge in [-0.05, 0) is 0 Å². The third kappa shape index (κ3) is 2.19. The molecule has 9 heavy (non-hydrogen) atoms. The fraction of sp³-hybridized carbons (Fsp3) is 0.250. The van der Waals surface area contributed by atoms with Crippen LogP contribution in [0, 0.1) is 0 Å². The Balaban J connectivity index is 2.20. The summed E-state index contributed by atoms with van der Waals surface area (Å²) >= 11 is 1.72. The van der Waals surface area contributed by atoms with Gasteiger partial charge in [-0.25, -0.2) is 0 Å². The Labute approximate surface area is 62.2 Å². The first kappa shape index (κ1) is 6.83. The zero-order chi connectivity index (χ0) is 6.53. The summed E-state index contributed by atoms with van der Waals surface area (Å²) in [5, 5.41) is 1.06. The molecular weight excluding hydrogens is 155 g/mol. The normalized spacial score (nSPS) is 17.3. The van der Waals surface area contributed by atoms with Gasteiger partial charge in [0.1, 0.15) is 0 Å². The maximum atomic E-state index is 3.66. The Morgan fingerprint density at radius 2 is 2.11 bits per heavy atom. The van der Waals surface area contributed by atoms with Gasteiger partial charge in [-0.15, -0.1) is 0 Å². The molecule has 0 saturated heterocycles. The van der Waals surface area contributed by atoms with Gasteiger partial charge < -0.3 is 0 Å². The van der Waals surface area contributed by atoms with Gasteiger partial charge in [0.15, 0.2) is 0 Å². The topological polar surface area (TPSA) is 0 Å². The van der Waals surface area contributed by atoms with E-state index in [-0.39, 0.29) is 0 Å². The molecule has 0 heterocycles. The Bertz CT molecular complexity index is 133. The Kier molecular flexibility index (Phi) is 2.80. The number of allylic oxidation sites excluding steroid dienone is 5. The molecule has 52 valence electrons. The molecule has 0 nitrogen and oxygen atoms in total. The molecule has 1 heteroatoms. The van der Waals surface area contributed by atoms with Crippen LogP contribution in [0.1, 0.15) is 0 Å². The molecule has 0 N–H and O–H groups in total. The van der Waals surface area contributed by atoms with Crippen LogP contribution in [-0.2, 0) is 14.4 Å². The molecule has 0 aromatic carbocycles. The van der Waals surface area contributed by atoms with Gasteiger partial charge in [-0.3, -0.25) is 0 Å². The van der Waals surface area contributed by atoms with E-state index >= 15 is 0 Å². The van der Waals surface area contributed by atoms with Crippen molar-refractivity contribution in [3.63, 3.8) is 0 Å². The number of rotatable bonds is 3. The molecule has 0 radical (unpaired) electrons. The fourth-order valence-electron chi connectivity index (χ4n) is 0.616. The number of hydrogen-bond donors (Lipinski definition) is 0. The molecule has 0 aliphatic heterocycles. The molecule has 0 aromatic heterocycles. The monoisotopic (exact) mass is 164 g/mol. The SMILES string of the molecule is C=C[CH2][Ni][CH]1C=CC=C1. The minimum absolute atomic E-state index is 0.621. The molecular formula is C8H10Ni. The zero-order valence-corrected chi connectivity index (χ0v) is 6.18. The molecule has 1 aliphatic rings. The third-order valence-corrected chi connectivity index (χ3v) is 2.36. The van der Waals surface area contributed by atoms with Gasteiger partial charge >= 0.3 is 61.7 Å². The molecule has 1 aliphatic carbocycles. The summed E-state index contributed by atoms with van der Waals surface area (Å²) in [6.45, 7) is 3.66. The van der Waals surface area contributed by atoms with E-state index in [1.165, 1.54) is 0 Å². The van der Waals surface area contributed by atoms with Crippen LogP contribution in [0.5, 0.6) is 0 Å². The van der Waals surface area contributed by atoms with Crippen LogP contribution in [0.4, 0.5) is 0 Å². The van der Waals surface area contributed by atoms with E-state index in [4.69, 9.17) is 0 Å². The van der Waals surface area contributed by atoms with Crippen molar-refractivity contribution in [3.05, 3.63) is 37.0 Å². The van der Waals surface area contributed by atoms with Crippen molar-refractivity contribution in [2.75, 3.05) is 0 Å². The van der Waals surface area contributed by atoms with Crippen LogP contribution < -0.4 is 0 Å². The van der Waals surface area contributed by atoms with E-state index in [9.17, 15) is 0 Å². The van der Waals surface area contributed by atoms with Gasteiger partial charge in [0.05, 0.1) is 0 Å². The average molecular weight is 165 g/mol. The molecule has 0 unspecified atom stereocenters. The van der Waals surface area contributed by atoms with Gasteiger partial charge in [0.2, 0.25) is 0 Å². The van der Waals surface area contributed by atoms with Crippen LogP contribution in [0.25, 0.3) is 0 Å². The second kappa shape index (κ2) is 3.68. The van der Waals surface area contributed by atoms with Gasteiger partial charge in [-0.2, -0.15) is 0 Å². The van der Waals surface area contributed by atoms with E-state index in [2.05, 4.69) is 30.9 Å². The van der Waals surface area contributed by atoms with E-state index < -0.39 is 0 Å². The number of hydrogen-bond acceptors (Lipinski definition) is 0. The molecule has 0 saturated carbocycles. The molecule has 0 fully saturated rings. The summed E-state index contributed by atoms with van der Waals surface area (Å²) in [5.41, 5.74) is 0. The molecule has 0 bridgehead atoms. The van der Waals surface area contributed by atoms with Gasteiger partial charge in [-0.1, -0.05) is 0 Å². The maximum absolute atomic E-state index is 3.66. The van der Waals surface area contributed by atoms with Crippen LogP contribution in [0.2, 0.25) is 10.3 Å². The van der Waals surface area contributed by atoms with E-state index in [1.807, 2.05) is 6.08 Å². The van der Waals surface area contributed by atoms with Crippen molar-refractivity contribution in [3.8, 4) is 0 Å². The second-order valence-corrected chi connectivity index (χ2v) is 3.18. The average Bonchev–Trinajstić information content (AvgIpc) is 2.34. The van der Waals surface area contributed by atoms with Crippen molar-refractivity contribution < 1.29 is 14.4 Å². The summed E-state index contributed by atoms with van der Waals surface area (Å²) in [4.78, 5) is 0.621. The van der Waals surface area contributed by atoms with Crippen molar-refractivity contribution in [2.45, 2.75) is 10.3 Å². The zero-order valence-electron chi connectivity index (χ0n) is 5.19. The summed E-state index contributed by atoms with van der Waals surface area (Å²) in [6, 6.07) is 0. The molecule has 0 aromatic rings. The first-order valence-electron chi connectivity index (χ1n) is 2.89. The first-order valence-corrected chi connectivity index (χ1v) is 4.16. The third-order valence-electron chi connectivity index (χ3n) is 0.992. The van der Waals surface area contributed by atoms with Crippen molar-refractivity contribution in [1.82, 2.24) is 0 Å². The van der Waals surface area contributed by atoms with Crippen molar-refractivity contribution in [2.24, 2.45) is 0 Å². The van der Waals surface area contributed by atoms with Gasteiger partial charge in [0.25, 0.3) is 0 Å². The van der Waals surface area contributed by atoms with E-state index in [0.717, 1.165) is 5.39 Å².